The molecule has 0 saturated heterocycles. The van der Waals surface area contributed by atoms with Gasteiger partial charge in [-0.1, -0.05) is 23.7 Å². The van der Waals surface area contributed by atoms with Crippen molar-refractivity contribution in [2.24, 2.45) is 0 Å². The molecule has 3 heteroatoms. The molecule has 2 rings (SSSR count). The summed E-state index contributed by atoms with van der Waals surface area (Å²) in [6, 6.07) is 5.95. The van der Waals surface area contributed by atoms with E-state index < -0.39 is 0 Å². The molecule has 0 fully saturated rings. The second-order valence-electron chi connectivity index (χ2n) is 2.73. The molecule has 0 radical (unpaired) electrons. The van der Waals surface area contributed by atoms with Crippen LogP contribution >= 0.6 is 34.2 Å². The molecule has 0 saturated carbocycles. The number of nitrogens with one attached hydrogen (secondary N) is 1. The van der Waals surface area contributed by atoms with E-state index >= 15 is 0 Å². The number of fused-ring (bicyclic) bond motifs is 1. The molecule has 1 heterocycles. The number of halogens is 2. The Labute approximate surface area is 89.3 Å². The van der Waals surface area contributed by atoms with E-state index in [0.29, 0.717) is 0 Å². The Morgan fingerprint density at radius 3 is 2.83 bits per heavy atom. The fourth-order valence-electron chi connectivity index (χ4n) is 1.28. The Balaban J connectivity index is 2.95. The molecule has 1 N–H and O–H groups in total. The normalized spacial score (nSPS) is 10.9. The van der Waals surface area contributed by atoms with Crippen molar-refractivity contribution in [1.29, 1.82) is 0 Å². The first-order valence-corrected chi connectivity index (χ1v) is 5.08. The topological polar surface area (TPSA) is 15.8 Å². The molecule has 0 amide bonds. The summed E-state index contributed by atoms with van der Waals surface area (Å²) in [4.78, 5) is 3.26. The molecule has 0 aliphatic heterocycles. The van der Waals surface area contributed by atoms with Gasteiger partial charge in [-0.25, -0.2) is 0 Å². The second-order valence-corrected chi connectivity index (χ2v) is 4.21. The van der Waals surface area contributed by atoms with Crippen LogP contribution in [0.5, 0.6) is 0 Å². The highest BCUT2D eigenvalue weighted by molar-refractivity contribution is 14.1. The molecule has 1 aromatic carbocycles. The van der Waals surface area contributed by atoms with Crippen LogP contribution in [0, 0.1) is 10.5 Å². The van der Waals surface area contributed by atoms with Gasteiger partial charge in [0, 0.05) is 14.7 Å². The van der Waals surface area contributed by atoms with Gasteiger partial charge in [-0.05, 0) is 35.6 Å². The predicted molar refractivity (Wildman–Crippen MR) is 60.8 cm³/mol. The zero-order chi connectivity index (χ0) is 8.72. The molecule has 1 aromatic heterocycles. The third kappa shape index (κ3) is 1.13. The van der Waals surface area contributed by atoms with Crippen LogP contribution in [0.15, 0.2) is 18.2 Å². The molecule has 2 aromatic rings. The van der Waals surface area contributed by atoms with E-state index in [-0.39, 0.29) is 0 Å². The first-order valence-electron chi connectivity index (χ1n) is 3.62. The number of hydrogen-bond donors (Lipinski definition) is 1. The summed E-state index contributed by atoms with van der Waals surface area (Å²) in [6.45, 7) is 2.05. The summed E-state index contributed by atoms with van der Waals surface area (Å²) < 4.78 is 1.25. The molecule has 0 aliphatic rings. The lowest BCUT2D eigenvalue weighted by atomic mass is 10.2. The summed E-state index contributed by atoms with van der Waals surface area (Å²) >= 11 is 8.33. The SMILES string of the molecule is Cc1[nH]c2c(Cl)cccc2c1I. The minimum absolute atomic E-state index is 0.790. The fourth-order valence-corrected chi connectivity index (χ4v) is 2.08. The molecule has 0 unspecified atom stereocenters. The van der Waals surface area contributed by atoms with Gasteiger partial charge in [-0.3, -0.25) is 0 Å². The fraction of sp³-hybridized carbons (Fsp3) is 0.111. The van der Waals surface area contributed by atoms with Crippen molar-refractivity contribution in [3.8, 4) is 0 Å². The largest absolute Gasteiger partial charge is 0.357 e. The van der Waals surface area contributed by atoms with E-state index in [1.165, 1.54) is 14.7 Å². The van der Waals surface area contributed by atoms with Crippen LogP contribution in [0.1, 0.15) is 5.69 Å². The summed E-state index contributed by atoms with van der Waals surface area (Å²) in [5.74, 6) is 0. The van der Waals surface area contributed by atoms with Crippen LogP contribution in [-0.2, 0) is 0 Å². The Bertz CT molecular complexity index is 433. The molecular weight excluding hydrogens is 284 g/mol. The third-order valence-corrected chi connectivity index (χ3v) is 3.60. The second kappa shape index (κ2) is 2.92. The van der Waals surface area contributed by atoms with Crippen LogP contribution in [0.25, 0.3) is 10.9 Å². The maximum Gasteiger partial charge on any atom is 0.0656 e. The average Bonchev–Trinajstić information content (AvgIpc) is 2.32. The van der Waals surface area contributed by atoms with Gasteiger partial charge in [-0.2, -0.15) is 0 Å². The van der Waals surface area contributed by atoms with E-state index in [4.69, 9.17) is 11.6 Å². The van der Waals surface area contributed by atoms with E-state index in [1.807, 2.05) is 12.1 Å². The smallest absolute Gasteiger partial charge is 0.0656 e. The number of aromatic nitrogens is 1. The van der Waals surface area contributed by atoms with Crippen molar-refractivity contribution in [2.45, 2.75) is 6.92 Å². The lowest BCUT2D eigenvalue weighted by molar-refractivity contribution is 1.28. The van der Waals surface area contributed by atoms with Crippen molar-refractivity contribution < 1.29 is 0 Å². The van der Waals surface area contributed by atoms with Crippen LogP contribution in [0.4, 0.5) is 0 Å². The van der Waals surface area contributed by atoms with Crippen LogP contribution in [-0.4, -0.2) is 4.98 Å². The van der Waals surface area contributed by atoms with Crippen molar-refractivity contribution in [1.82, 2.24) is 4.98 Å². The van der Waals surface area contributed by atoms with E-state index in [0.717, 1.165) is 10.5 Å². The predicted octanol–water partition coefficient (Wildman–Crippen LogP) is 3.73. The molecule has 1 nitrogen and oxygen atoms in total. The number of aromatic amines is 1. The Morgan fingerprint density at radius 2 is 2.17 bits per heavy atom. The Hall–Kier alpha value is -0.220. The number of para-hydroxylation sites is 1. The zero-order valence-corrected chi connectivity index (χ0v) is 9.40. The van der Waals surface area contributed by atoms with Crippen LogP contribution in [0.2, 0.25) is 5.02 Å². The lowest BCUT2D eigenvalue weighted by Crippen LogP contribution is -1.69. The molecule has 62 valence electrons. The molecule has 0 bridgehead atoms. The van der Waals surface area contributed by atoms with Crippen molar-refractivity contribution in [3.05, 3.63) is 32.5 Å². The number of hydrogen-bond acceptors (Lipinski definition) is 0. The van der Waals surface area contributed by atoms with Gasteiger partial charge in [0.1, 0.15) is 0 Å². The summed E-state index contributed by atoms with van der Waals surface area (Å²) in [5, 5.41) is 2.00. The van der Waals surface area contributed by atoms with Gasteiger partial charge < -0.3 is 4.98 Å². The highest BCUT2D eigenvalue weighted by Gasteiger charge is 2.06. The number of H-pyrrole nitrogens is 1. The van der Waals surface area contributed by atoms with Gasteiger partial charge in [0.25, 0.3) is 0 Å². The summed E-state index contributed by atoms with van der Waals surface area (Å²) in [6.07, 6.45) is 0. The minimum Gasteiger partial charge on any atom is -0.357 e. The van der Waals surface area contributed by atoms with Gasteiger partial charge in [0.05, 0.1) is 10.5 Å². The molecule has 0 spiro atoms. The van der Waals surface area contributed by atoms with Crippen molar-refractivity contribution in [2.75, 3.05) is 0 Å². The average molecular weight is 292 g/mol. The number of benzene rings is 1. The first kappa shape index (κ1) is 8.38. The number of aryl methyl sites for hydroxylation is 1. The molecule has 0 atom stereocenters. The first-order chi connectivity index (χ1) is 5.70. The highest BCUT2D eigenvalue weighted by atomic mass is 127. The van der Waals surface area contributed by atoms with Crippen molar-refractivity contribution in [3.63, 3.8) is 0 Å². The van der Waals surface area contributed by atoms with Gasteiger partial charge in [-0.15, -0.1) is 0 Å². The van der Waals surface area contributed by atoms with Gasteiger partial charge >= 0.3 is 0 Å². The minimum atomic E-state index is 0.790. The Kier molecular flexibility index (Phi) is 2.04. The number of rotatable bonds is 0. The monoisotopic (exact) mass is 291 g/mol. The maximum atomic E-state index is 6.01. The zero-order valence-electron chi connectivity index (χ0n) is 6.49. The molecule has 0 aliphatic carbocycles. The standard InChI is InChI=1S/C9H7ClIN/c1-5-8(11)6-3-2-4-7(10)9(6)12-5/h2-4,12H,1H3. The molecular formula is C9H7ClIN. The van der Waals surface area contributed by atoms with Gasteiger partial charge in [0.15, 0.2) is 0 Å². The highest BCUT2D eigenvalue weighted by Crippen LogP contribution is 2.28. The van der Waals surface area contributed by atoms with E-state index in [2.05, 4.69) is 40.6 Å². The Morgan fingerprint density at radius 1 is 1.42 bits per heavy atom. The third-order valence-electron chi connectivity index (χ3n) is 1.89. The van der Waals surface area contributed by atoms with Gasteiger partial charge in [0.2, 0.25) is 0 Å². The molecule has 12 heavy (non-hydrogen) atoms. The lowest BCUT2D eigenvalue weighted by Gasteiger charge is -1.91. The van der Waals surface area contributed by atoms with Crippen molar-refractivity contribution >= 4 is 45.1 Å². The quantitative estimate of drug-likeness (QED) is 0.712. The summed E-state index contributed by atoms with van der Waals surface area (Å²) in [7, 11) is 0. The van der Waals surface area contributed by atoms with Crippen LogP contribution < -0.4 is 0 Å². The van der Waals surface area contributed by atoms with Crippen LogP contribution in [0.3, 0.4) is 0 Å². The van der Waals surface area contributed by atoms with E-state index in [1.54, 1.807) is 0 Å². The summed E-state index contributed by atoms with van der Waals surface area (Å²) in [5.41, 5.74) is 2.22. The maximum absolute atomic E-state index is 6.01. The van der Waals surface area contributed by atoms with E-state index in [9.17, 15) is 0 Å².